The maximum absolute atomic E-state index is 5.73. The highest BCUT2D eigenvalue weighted by atomic mass is 16.5. The summed E-state index contributed by atoms with van der Waals surface area (Å²) in [6.07, 6.45) is 2.02. The van der Waals surface area contributed by atoms with Crippen molar-refractivity contribution in [1.82, 2.24) is 14.7 Å². The number of hydrogen-bond donors (Lipinski definition) is 1. The molecular weight excluding hydrogens is 228 g/mol. The van der Waals surface area contributed by atoms with E-state index in [2.05, 4.69) is 26.8 Å². The maximum atomic E-state index is 5.73. The van der Waals surface area contributed by atoms with Gasteiger partial charge in [-0.1, -0.05) is 17.3 Å². The Hall–Kier alpha value is -2.14. The molecule has 0 saturated heterocycles. The molecule has 3 aromatic rings. The van der Waals surface area contributed by atoms with Crippen molar-refractivity contribution in [3.63, 3.8) is 0 Å². The lowest BCUT2D eigenvalue weighted by Crippen LogP contribution is -2.00. The second kappa shape index (κ2) is 4.27. The molecule has 0 amide bonds. The van der Waals surface area contributed by atoms with Crippen LogP contribution >= 0.6 is 0 Å². The molecular formula is C13H14N4O. The van der Waals surface area contributed by atoms with Gasteiger partial charge in [0.25, 0.3) is 0 Å². The summed E-state index contributed by atoms with van der Waals surface area (Å²) >= 11 is 0. The summed E-state index contributed by atoms with van der Waals surface area (Å²) in [7, 11) is 0. The molecule has 5 nitrogen and oxygen atoms in total. The fourth-order valence-electron chi connectivity index (χ4n) is 2.15. The van der Waals surface area contributed by atoms with Gasteiger partial charge < -0.3 is 14.8 Å². The fourth-order valence-corrected chi connectivity index (χ4v) is 2.15. The van der Waals surface area contributed by atoms with Crippen LogP contribution in [0.4, 0.5) is 0 Å². The van der Waals surface area contributed by atoms with E-state index in [9.17, 15) is 0 Å². The second-order valence-electron chi connectivity index (χ2n) is 4.23. The molecule has 5 heteroatoms. The van der Waals surface area contributed by atoms with Crippen LogP contribution in [0.5, 0.6) is 0 Å². The first kappa shape index (κ1) is 11.0. The molecule has 92 valence electrons. The molecule has 0 fully saturated rings. The molecule has 0 aliphatic rings. The van der Waals surface area contributed by atoms with Crippen LogP contribution in [0.1, 0.15) is 17.3 Å². The lowest BCUT2D eigenvalue weighted by atomic mass is 10.1. The predicted molar refractivity (Wildman–Crippen MR) is 68.0 cm³/mol. The van der Waals surface area contributed by atoms with E-state index in [4.69, 9.17) is 10.3 Å². The van der Waals surface area contributed by atoms with Crippen LogP contribution in [0.25, 0.3) is 10.9 Å². The zero-order valence-electron chi connectivity index (χ0n) is 10.1. The third-order valence-electron chi connectivity index (χ3n) is 3.00. The average Bonchev–Trinajstić information content (AvgIpc) is 2.97. The summed E-state index contributed by atoms with van der Waals surface area (Å²) in [6.45, 7) is 2.94. The number of benzene rings is 1. The minimum atomic E-state index is 0.543. The highest BCUT2D eigenvalue weighted by molar-refractivity contribution is 5.83. The first-order valence-corrected chi connectivity index (χ1v) is 5.84. The van der Waals surface area contributed by atoms with Crippen molar-refractivity contribution in [1.29, 1.82) is 0 Å². The van der Waals surface area contributed by atoms with Gasteiger partial charge in [-0.15, -0.1) is 0 Å². The summed E-state index contributed by atoms with van der Waals surface area (Å²) in [5.74, 6) is 1.27. The molecule has 2 heterocycles. The molecule has 2 aromatic heterocycles. The lowest BCUT2D eigenvalue weighted by Gasteiger charge is -2.03. The maximum Gasteiger partial charge on any atom is 0.246 e. The molecule has 18 heavy (non-hydrogen) atoms. The van der Waals surface area contributed by atoms with E-state index >= 15 is 0 Å². The third-order valence-corrected chi connectivity index (χ3v) is 3.00. The SMILES string of the molecule is Cc1noc(Cn2ccc3c(CN)cccc32)n1. The van der Waals surface area contributed by atoms with Gasteiger partial charge in [-0.25, -0.2) is 0 Å². The van der Waals surface area contributed by atoms with Crippen LogP contribution in [0, 0.1) is 6.92 Å². The number of aromatic nitrogens is 3. The van der Waals surface area contributed by atoms with Crippen LogP contribution in [0.15, 0.2) is 35.0 Å². The summed E-state index contributed by atoms with van der Waals surface area (Å²) in [5.41, 5.74) is 8.01. The van der Waals surface area contributed by atoms with Crippen LogP contribution in [-0.2, 0) is 13.1 Å². The molecule has 0 aliphatic carbocycles. The van der Waals surface area contributed by atoms with Gasteiger partial charge in [0, 0.05) is 23.6 Å². The van der Waals surface area contributed by atoms with Gasteiger partial charge in [0.05, 0.1) is 0 Å². The Kier molecular flexibility index (Phi) is 2.60. The first-order chi connectivity index (χ1) is 8.78. The van der Waals surface area contributed by atoms with Crippen LogP contribution in [0.2, 0.25) is 0 Å². The summed E-state index contributed by atoms with van der Waals surface area (Å²) in [6, 6.07) is 8.20. The largest absolute Gasteiger partial charge is 0.338 e. The molecule has 0 saturated carbocycles. The van der Waals surface area contributed by atoms with Gasteiger partial charge in [0.1, 0.15) is 6.54 Å². The molecule has 1 aromatic carbocycles. The zero-order valence-corrected chi connectivity index (χ0v) is 10.1. The third kappa shape index (κ3) is 1.78. The van der Waals surface area contributed by atoms with E-state index < -0.39 is 0 Å². The summed E-state index contributed by atoms with van der Waals surface area (Å²) in [5, 5.41) is 4.97. The Morgan fingerprint density at radius 2 is 2.22 bits per heavy atom. The molecule has 0 spiro atoms. The molecule has 3 rings (SSSR count). The Morgan fingerprint density at radius 3 is 2.94 bits per heavy atom. The number of rotatable bonds is 3. The quantitative estimate of drug-likeness (QED) is 0.760. The topological polar surface area (TPSA) is 69.9 Å². The molecule has 0 unspecified atom stereocenters. The van der Waals surface area contributed by atoms with Crippen LogP contribution < -0.4 is 5.73 Å². The molecule has 0 aliphatic heterocycles. The molecule has 0 atom stereocenters. The monoisotopic (exact) mass is 242 g/mol. The highest BCUT2D eigenvalue weighted by Crippen LogP contribution is 2.20. The van der Waals surface area contributed by atoms with Crippen molar-refractivity contribution < 1.29 is 4.52 Å². The standard InChI is InChI=1S/C13H14N4O/c1-9-15-13(18-16-9)8-17-6-5-11-10(7-14)3-2-4-12(11)17/h2-6H,7-8,14H2,1H3. The Bertz CT molecular complexity index is 683. The molecule has 0 bridgehead atoms. The van der Waals surface area contributed by atoms with Crippen LogP contribution in [0.3, 0.4) is 0 Å². The predicted octanol–water partition coefficient (Wildman–Crippen LogP) is 1.84. The summed E-state index contributed by atoms with van der Waals surface area (Å²) < 4.78 is 7.22. The van der Waals surface area contributed by atoms with Gasteiger partial charge in [-0.3, -0.25) is 0 Å². The van der Waals surface area contributed by atoms with Crippen molar-refractivity contribution in [3.8, 4) is 0 Å². The first-order valence-electron chi connectivity index (χ1n) is 5.84. The van der Waals surface area contributed by atoms with Crippen molar-refractivity contribution in [2.75, 3.05) is 0 Å². The summed E-state index contributed by atoms with van der Waals surface area (Å²) in [4.78, 5) is 4.21. The normalized spacial score (nSPS) is 11.2. The van der Waals surface area contributed by atoms with Crippen LogP contribution in [-0.4, -0.2) is 14.7 Å². The van der Waals surface area contributed by atoms with E-state index in [1.165, 1.54) is 5.39 Å². The number of nitrogens with two attached hydrogens (primary N) is 1. The Balaban J connectivity index is 2.02. The van der Waals surface area contributed by atoms with Gasteiger partial charge in [0.15, 0.2) is 5.82 Å². The highest BCUT2D eigenvalue weighted by Gasteiger charge is 2.08. The van der Waals surface area contributed by atoms with E-state index in [-0.39, 0.29) is 0 Å². The van der Waals surface area contributed by atoms with Gasteiger partial charge in [0.2, 0.25) is 5.89 Å². The van der Waals surface area contributed by atoms with Gasteiger partial charge in [-0.2, -0.15) is 4.98 Å². The van der Waals surface area contributed by atoms with Crippen molar-refractivity contribution in [2.45, 2.75) is 20.0 Å². The molecule has 0 radical (unpaired) electrons. The van der Waals surface area contributed by atoms with E-state index in [1.54, 1.807) is 0 Å². The van der Waals surface area contributed by atoms with E-state index in [0.29, 0.717) is 24.8 Å². The van der Waals surface area contributed by atoms with E-state index in [0.717, 1.165) is 11.1 Å². The average molecular weight is 242 g/mol. The Morgan fingerprint density at radius 1 is 1.33 bits per heavy atom. The number of hydrogen-bond acceptors (Lipinski definition) is 4. The second-order valence-corrected chi connectivity index (χ2v) is 4.23. The van der Waals surface area contributed by atoms with Crippen molar-refractivity contribution >= 4 is 10.9 Å². The minimum Gasteiger partial charge on any atom is -0.338 e. The number of nitrogens with zero attached hydrogens (tertiary/aromatic N) is 3. The van der Waals surface area contributed by atoms with Crippen molar-refractivity contribution in [3.05, 3.63) is 47.7 Å². The molecule has 2 N–H and O–H groups in total. The van der Waals surface area contributed by atoms with Gasteiger partial charge >= 0.3 is 0 Å². The van der Waals surface area contributed by atoms with Gasteiger partial charge in [-0.05, 0) is 24.6 Å². The van der Waals surface area contributed by atoms with E-state index in [1.807, 2.05) is 25.3 Å². The number of aryl methyl sites for hydroxylation is 1. The zero-order chi connectivity index (χ0) is 12.5. The fraction of sp³-hybridized carbons (Fsp3) is 0.231. The van der Waals surface area contributed by atoms with Crippen molar-refractivity contribution in [2.24, 2.45) is 5.73 Å². The Labute approximate surface area is 104 Å². The number of fused-ring (bicyclic) bond motifs is 1. The minimum absolute atomic E-state index is 0.543. The lowest BCUT2D eigenvalue weighted by molar-refractivity contribution is 0.369. The smallest absolute Gasteiger partial charge is 0.246 e.